The molecule has 17 heavy (non-hydrogen) atoms. The number of allylic oxidation sites excluding steroid dienone is 2. The molecular weight excluding hydrogens is 218 g/mol. The van der Waals surface area contributed by atoms with E-state index in [1.165, 1.54) is 0 Å². The molecule has 2 rings (SSSR count). The molecular formula is C11H15N5O. The number of hydrogen-bond acceptors (Lipinski definition) is 4. The van der Waals surface area contributed by atoms with Crippen LogP contribution < -0.4 is 11.3 Å². The molecule has 6 heteroatoms. The summed E-state index contributed by atoms with van der Waals surface area (Å²) in [5.74, 6) is 0.843. The van der Waals surface area contributed by atoms with Crippen molar-refractivity contribution in [3.05, 3.63) is 28.3 Å². The Morgan fingerprint density at radius 2 is 2.12 bits per heavy atom. The van der Waals surface area contributed by atoms with Gasteiger partial charge in [-0.05, 0) is 12.8 Å². The number of imidazole rings is 1. The summed E-state index contributed by atoms with van der Waals surface area (Å²) in [6, 6.07) is 0. The molecule has 0 aromatic carbocycles. The Bertz CT molecular complexity index is 595. The van der Waals surface area contributed by atoms with Crippen molar-refractivity contribution in [1.29, 1.82) is 0 Å². The normalized spacial score (nSPS) is 11.6. The van der Waals surface area contributed by atoms with Gasteiger partial charge in [-0.2, -0.15) is 4.98 Å². The predicted octanol–water partition coefficient (Wildman–Crippen LogP) is 1.13. The highest BCUT2D eigenvalue weighted by molar-refractivity contribution is 5.70. The van der Waals surface area contributed by atoms with Gasteiger partial charge in [0, 0.05) is 6.42 Å². The third-order valence-corrected chi connectivity index (χ3v) is 2.38. The Morgan fingerprint density at radius 1 is 1.29 bits per heavy atom. The zero-order chi connectivity index (χ0) is 12.3. The van der Waals surface area contributed by atoms with E-state index in [-0.39, 0.29) is 11.5 Å². The smallest absolute Gasteiger partial charge is 0.278 e. The van der Waals surface area contributed by atoms with E-state index >= 15 is 0 Å². The van der Waals surface area contributed by atoms with Crippen molar-refractivity contribution in [2.75, 3.05) is 5.73 Å². The first-order valence-corrected chi connectivity index (χ1v) is 5.60. The molecule has 0 saturated heterocycles. The number of hydrogen-bond donors (Lipinski definition) is 3. The third kappa shape index (κ3) is 2.52. The van der Waals surface area contributed by atoms with Crippen LogP contribution in [0, 0.1) is 0 Å². The number of anilines is 1. The van der Waals surface area contributed by atoms with Crippen molar-refractivity contribution in [2.24, 2.45) is 0 Å². The first-order valence-electron chi connectivity index (χ1n) is 5.60. The number of aromatic amines is 2. The van der Waals surface area contributed by atoms with E-state index in [9.17, 15) is 4.79 Å². The summed E-state index contributed by atoms with van der Waals surface area (Å²) in [6.07, 6.45) is 6.87. The van der Waals surface area contributed by atoms with Crippen LogP contribution in [0.2, 0.25) is 0 Å². The van der Waals surface area contributed by atoms with E-state index in [0.717, 1.165) is 25.1 Å². The number of nitrogen functional groups attached to an aromatic ring is 1. The Hall–Kier alpha value is -2.11. The predicted molar refractivity (Wildman–Crippen MR) is 66.7 cm³/mol. The Morgan fingerprint density at radius 3 is 2.88 bits per heavy atom. The molecule has 0 aliphatic rings. The average Bonchev–Trinajstić information content (AvgIpc) is 2.67. The summed E-state index contributed by atoms with van der Waals surface area (Å²) in [5.41, 5.74) is 5.92. The molecule has 4 N–H and O–H groups in total. The van der Waals surface area contributed by atoms with Gasteiger partial charge in [-0.25, -0.2) is 4.98 Å². The second-order valence-corrected chi connectivity index (χ2v) is 3.75. The molecule has 0 atom stereocenters. The highest BCUT2D eigenvalue weighted by Crippen LogP contribution is 2.06. The SMILES string of the molecule is CC/C=C/CCc1nc2nc(N)[nH]c(=O)c2[nH]1. The van der Waals surface area contributed by atoms with Gasteiger partial charge in [0.2, 0.25) is 5.95 Å². The molecule has 0 spiro atoms. The molecule has 2 aromatic rings. The summed E-state index contributed by atoms with van der Waals surface area (Å²) in [6.45, 7) is 2.09. The second-order valence-electron chi connectivity index (χ2n) is 3.75. The van der Waals surface area contributed by atoms with E-state index in [0.29, 0.717) is 11.2 Å². The number of rotatable bonds is 4. The Kier molecular flexibility index (Phi) is 3.22. The molecule has 0 saturated carbocycles. The summed E-state index contributed by atoms with van der Waals surface area (Å²) in [5, 5.41) is 0. The molecule has 0 aliphatic carbocycles. The summed E-state index contributed by atoms with van der Waals surface area (Å²) in [4.78, 5) is 25.1. The van der Waals surface area contributed by atoms with Crippen LogP contribution in [-0.2, 0) is 6.42 Å². The molecule has 0 fully saturated rings. The van der Waals surface area contributed by atoms with Gasteiger partial charge in [-0.1, -0.05) is 19.1 Å². The van der Waals surface area contributed by atoms with Crippen LogP contribution in [-0.4, -0.2) is 19.9 Å². The van der Waals surface area contributed by atoms with Gasteiger partial charge < -0.3 is 10.7 Å². The maximum absolute atomic E-state index is 11.5. The summed E-state index contributed by atoms with van der Waals surface area (Å²) < 4.78 is 0. The van der Waals surface area contributed by atoms with Gasteiger partial charge in [0.05, 0.1) is 0 Å². The van der Waals surface area contributed by atoms with Crippen LogP contribution >= 0.6 is 0 Å². The Labute approximate surface area is 98.0 Å². The number of aryl methyl sites for hydroxylation is 1. The fourth-order valence-corrected chi connectivity index (χ4v) is 1.59. The van der Waals surface area contributed by atoms with Gasteiger partial charge in [-0.3, -0.25) is 9.78 Å². The van der Waals surface area contributed by atoms with Crippen molar-refractivity contribution >= 4 is 17.1 Å². The van der Waals surface area contributed by atoms with Crippen molar-refractivity contribution in [3.8, 4) is 0 Å². The largest absolute Gasteiger partial charge is 0.369 e. The summed E-state index contributed by atoms with van der Waals surface area (Å²) >= 11 is 0. The van der Waals surface area contributed by atoms with Crippen molar-refractivity contribution in [2.45, 2.75) is 26.2 Å². The average molecular weight is 233 g/mol. The van der Waals surface area contributed by atoms with Crippen LogP contribution in [0.25, 0.3) is 11.2 Å². The number of aromatic nitrogens is 4. The number of nitrogens with zero attached hydrogens (tertiary/aromatic N) is 2. The maximum atomic E-state index is 11.5. The quantitative estimate of drug-likeness (QED) is 0.689. The lowest BCUT2D eigenvalue weighted by Gasteiger charge is -1.89. The van der Waals surface area contributed by atoms with Gasteiger partial charge in [0.1, 0.15) is 5.82 Å². The number of H-pyrrole nitrogens is 2. The lowest BCUT2D eigenvalue weighted by molar-refractivity contribution is 0.911. The van der Waals surface area contributed by atoms with E-state index in [1.54, 1.807) is 0 Å². The molecule has 2 aromatic heterocycles. The Balaban J connectivity index is 2.23. The monoisotopic (exact) mass is 233 g/mol. The summed E-state index contributed by atoms with van der Waals surface area (Å²) in [7, 11) is 0. The number of nitrogens with one attached hydrogen (secondary N) is 2. The standard InChI is InChI=1S/C11H15N5O/c1-2-3-4-5-6-7-13-8-9(14-7)15-11(12)16-10(8)17/h3-4H,2,5-6H2,1H3,(H4,12,13,14,15,16,17)/b4-3+. The van der Waals surface area contributed by atoms with E-state index in [1.807, 2.05) is 0 Å². The molecule has 2 heterocycles. The lowest BCUT2D eigenvalue weighted by atomic mass is 10.2. The van der Waals surface area contributed by atoms with Crippen molar-refractivity contribution in [3.63, 3.8) is 0 Å². The maximum Gasteiger partial charge on any atom is 0.278 e. The minimum Gasteiger partial charge on any atom is -0.369 e. The molecule has 90 valence electrons. The molecule has 0 amide bonds. The fourth-order valence-electron chi connectivity index (χ4n) is 1.59. The van der Waals surface area contributed by atoms with E-state index in [2.05, 4.69) is 39.0 Å². The van der Waals surface area contributed by atoms with Crippen molar-refractivity contribution in [1.82, 2.24) is 19.9 Å². The van der Waals surface area contributed by atoms with E-state index < -0.39 is 0 Å². The highest BCUT2D eigenvalue weighted by atomic mass is 16.1. The van der Waals surface area contributed by atoms with Gasteiger partial charge in [0.15, 0.2) is 11.2 Å². The zero-order valence-corrected chi connectivity index (χ0v) is 9.66. The fraction of sp³-hybridized carbons (Fsp3) is 0.364. The highest BCUT2D eigenvalue weighted by Gasteiger charge is 2.07. The molecule has 6 nitrogen and oxygen atoms in total. The van der Waals surface area contributed by atoms with Gasteiger partial charge in [-0.15, -0.1) is 0 Å². The molecule has 0 bridgehead atoms. The topological polar surface area (TPSA) is 100 Å². The van der Waals surface area contributed by atoms with Crippen LogP contribution in [0.4, 0.5) is 5.95 Å². The van der Waals surface area contributed by atoms with Gasteiger partial charge in [0.25, 0.3) is 5.56 Å². The number of fused-ring (bicyclic) bond motifs is 1. The minimum absolute atomic E-state index is 0.0893. The van der Waals surface area contributed by atoms with E-state index in [4.69, 9.17) is 5.73 Å². The zero-order valence-electron chi connectivity index (χ0n) is 9.66. The van der Waals surface area contributed by atoms with Crippen LogP contribution in [0.5, 0.6) is 0 Å². The first-order chi connectivity index (χ1) is 8.20. The minimum atomic E-state index is -0.282. The lowest BCUT2D eigenvalue weighted by Crippen LogP contribution is -2.10. The molecule has 0 aliphatic heterocycles. The second kappa shape index (κ2) is 4.82. The third-order valence-electron chi connectivity index (χ3n) is 2.38. The van der Waals surface area contributed by atoms with Crippen molar-refractivity contribution < 1.29 is 0 Å². The van der Waals surface area contributed by atoms with Crippen LogP contribution in [0.1, 0.15) is 25.6 Å². The number of nitrogens with two attached hydrogens (primary N) is 1. The van der Waals surface area contributed by atoms with Gasteiger partial charge >= 0.3 is 0 Å². The van der Waals surface area contributed by atoms with Crippen LogP contribution in [0.3, 0.4) is 0 Å². The van der Waals surface area contributed by atoms with Crippen LogP contribution in [0.15, 0.2) is 16.9 Å². The molecule has 0 unspecified atom stereocenters. The molecule has 0 radical (unpaired) electrons. The first kappa shape index (κ1) is 11.4.